The van der Waals surface area contributed by atoms with Crippen LogP contribution in [0.2, 0.25) is 0 Å². The number of piperazine rings is 1. The SMILES string of the molecule is C=CC(O)N1CCN(c2nc(OCCCN3C[C@H]4C[C@@H]3CO4)nc3c2CCN(c2ccccc2C(F)(F)F)C3)CC1CC#N. The molecule has 4 aliphatic heterocycles. The van der Waals surface area contributed by atoms with Crippen LogP contribution in [0.1, 0.15) is 36.1 Å². The number of hydrogen-bond donors (Lipinski definition) is 1. The summed E-state index contributed by atoms with van der Waals surface area (Å²) >= 11 is 0. The van der Waals surface area contributed by atoms with Crippen LogP contribution in [-0.4, -0.2) is 102 Å². The van der Waals surface area contributed by atoms with E-state index < -0.39 is 18.0 Å². The van der Waals surface area contributed by atoms with Gasteiger partial charge in [-0.15, -0.1) is 0 Å². The predicted molar refractivity (Wildman–Crippen MR) is 157 cm³/mol. The standard InChI is InChI=1S/C31H38F3N7O3/c1-2-28(42)41-14-13-40(17-21(41)8-10-35)29-24-9-12-39(27-7-4-3-6-25(27)31(32,33)34)19-26(24)36-30(37-29)43-15-5-11-38-18-23-16-22(38)20-44-23/h2-4,6-7,21-23,28,42H,1,5,8-9,11-20H2/t21?,22-,23-,28?/m1/s1. The Labute approximate surface area is 255 Å². The van der Waals surface area contributed by atoms with Gasteiger partial charge in [-0.2, -0.15) is 28.4 Å². The number of anilines is 2. The van der Waals surface area contributed by atoms with E-state index in [1.807, 2.05) is 4.90 Å². The molecule has 0 aliphatic carbocycles. The lowest BCUT2D eigenvalue weighted by Crippen LogP contribution is -2.56. The van der Waals surface area contributed by atoms with Crippen molar-refractivity contribution in [3.05, 3.63) is 53.7 Å². The number of benzene rings is 1. The number of rotatable bonds is 10. The maximum Gasteiger partial charge on any atom is 0.418 e. The topological polar surface area (TPSA) is 101 Å². The average molecular weight is 614 g/mol. The maximum atomic E-state index is 13.9. The molecule has 0 spiro atoms. The Morgan fingerprint density at radius 3 is 2.75 bits per heavy atom. The number of morpholine rings is 1. The molecule has 0 radical (unpaired) electrons. The molecule has 44 heavy (non-hydrogen) atoms. The predicted octanol–water partition coefficient (Wildman–Crippen LogP) is 3.21. The molecule has 4 aliphatic rings. The number of nitriles is 1. The number of aromatic nitrogens is 2. The van der Waals surface area contributed by atoms with Gasteiger partial charge in [-0.3, -0.25) is 9.80 Å². The van der Waals surface area contributed by atoms with Gasteiger partial charge in [0.25, 0.3) is 0 Å². The van der Waals surface area contributed by atoms with Gasteiger partial charge in [0.2, 0.25) is 0 Å². The lowest BCUT2D eigenvalue weighted by atomic mass is 10.0. The van der Waals surface area contributed by atoms with Crippen molar-refractivity contribution in [3.63, 3.8) is 0 Å². The van der Waals surface area contributed by atoms with E-state index in [1.54, 1.807) is 11.0 Å². The minimum absolute atomic E-state index is 0.123. The molecule has 4 atom stereocenters. The number of fused-ring (bicyclic) bond motifs is 3. The highest BCUT2D eigenvalue weighted by Crippen LogP contribution is 2.39. The molecule has 0 amide bonds. The third kappa shape index (κ3) is 6.35. The van der Waals surface area contributed by atoms with Crippen molar-refractivity contribution in [2.75, 3.05) is 62.3 Å². The summed E-state index contributed by atoms with van der Waals surface area (Å²) < 4.78 is 53.4. The number of halogens is 3. The fourth-order valence-corrected chi connectivity index (χ4v) is 6.93. The van der Waals surface area contributed by atoms with Gasteiger partial charge in [0.15, 0.2) is 0 Å². The second-order valence-electron chi connectivity index (χ2n) is 11.8. The minimum Gasteiger partial charge on any atom is -0.463 e. The van der Waals surface area contributed by atoms with E-state index in [1.165, 1.54) is 18.2 Å². The molecule has 5 heterocycles. The summed E-state index contributed by atoms with van der Waals surface area (Å²) in [6.45, 7) is 8.72. The van der Waals surface area contributed by atoms with Crippen molar-refractivity contribution in [2.45, 2.75) is 62.8 Å². The molecule has 0 saturated carbocycles. The van der Waals surface area contributed by atoms with E-state index in [-0.39, 0.29) is 30.7 Å². The molecular weight excluding hydrogens is 575 g/mol. The molecule has 236 valence electrons. The van der Waals surface area contributed by atoms with Gasteiger partial charge in [-0.05, 0) is 37.5 Å². The van der Waals surface area contributed by atoms with Gasteiger partial charge < -0.3 is 24.4 Å². The highest BCUT2D eigenvalue weighted by atomic mass is 19.4. The zero-order valence-corrected chi connectivity index (χ0v) is 24.6. The van der Waals surface area contributed by atoms with Gasteiger partial charge in [0.1, 0.15) is 12.0 Å². The molecule has 2 aromatic rings. The number of para-hydroxylation sites is 1. The molecule has 1 aromatic carbocycles. The number of alkyl halides is 3. The first-order valence-electron chi connectivity index (χ1n) is 15.2. The maximum absolute atomic E-state index is 13.9. The highest BCUT2D eigenvalue weighted by Gasteiger charge is 2.39. The Hall–Kier alpha value is -3.44. The summed E-state index contributed by atoms with van der Waals surface area (Å²) in [6.07, 6.45) is -1.04. The van der Waals surface area contributed by atoms with Crippen LogP contribution in [0.3, 0.4) is 0 Å². The molecule has 10 nitrogen and oxygen atoms in total. The van der Waals surface area contributed by atoms with Crippen molar-refractivity contribution in [1.29, 1.82) is 5.26 Å². The number of ether oxygens (including phenoxy) is 2. The molecular formula is C31H38F3N7O3. The Balaban J connectivity index is 1.24. The van der Waals surface area contributed by atoms with E-state index in [9.17, 15) is 23.5 Å². The number of aliphatic hydroxyl groups is 1. The van der Waals surface area contributed by atoms with E-state index in [0.29, 0.717) is 62.9 Å². The monoisotopic (exact) mass is 613 g/mol. The van der Waals surface area contributed by atoms with Crippen LogP contribution >= 0.6 is 0 Å². The largest absolute Gasteiger partial charge is 0.463 e. The van der Waals surface area contributed by atoms with Gasteiger partial charge >= 0.3 is 12.2 Å². The van der Waals surface area contributed by atoms with Crippen LogP contribution in [0.4, 0.5) is 24.7 Å². The van der Waals surface area contributed by atoms with Crippen molar-refractivity contribution in [2.24, 2.45) is 0 Å². The molecule has 3 saturated heterocycles. The minimum atomic E-state index is -4.48. The molecule has 6 rings (SSSR count). The fraction of sp³-hybridized carbons (Fsp3) is 0.581. The summed E-state index contributed by atoms with van der Waals surface area (Å²) in [7, 11) is 0. The van der Waals surface area contributed by atoms with Gasteiger partial charge in [-0.1, -0.05) is 18.7 Å². The first-order valence-corrected chi connectivity index (χ1v) is 15.2. The van der Waals surface area contributed by atoms with E-state index in [2.05, 4.69) is 22.4 Å². The number of likely N-dealkylation sites (tertiary alicyclic amines) is 1. The quantitative estimate of drug-likeness (QED) is 0.318. The molecule has 1 aromatic heterocycles. The molecule has 2 unspecified atom stereocenters. The van der Waals surface area contributed by atoms with Crippen molar-refractivity contribution in [3.8, 4) is 12.1 Å². The first-order chi connectivity index (χ1) is 21.2. The smallest absolute Gasteiger partial charge is 0.418 e. The number of hydrogen-bond acceptors (Lipinski definition) is 10. The zero-order valence-electron chi connectivity index (χ0n) is 24.6. The summed E-state index contributed by atoms with van der Waals surface area (Å²) in [4.78, 5) is 17.6. The van der Waals surface area contributed by atoms with Crippen LogP contribution in [0.25, 0.3) is 0 Å². The van der Waals surface area contributed by atoms with E-state index in [4.69, 9.17) is 19.4 Å². The lowest BCUT2D eigenvalue weighted by Gasteiger charge is -2.43. The first kappa shape index (κ1) is 30.6. The van der Waals surface area contributed by atoms with E-state index >= 15 is 0 Å². The second-order valence-corrected chi connectivity index (χ2v) is 11.8. The van der Waals surface area contributed by atoms with Crippen molar-refractivity contribution in [1.82, 2.24) is 19.8 Å². The van der Waals surface area contributed by atoms with E-state index in [0.717, 1.165) is 44.2 Å². The Morgan fingerprint density at radius 1 is 1.18 bits per heavy atom. The average Bonchev–Trinajstić information content (AvgIpc) is 3.66. The Kier molecular flexibility index (Phi) is 8.96. The van der Waals surface area contributed by atoms with Crippen LogP contribution in [0, 0.1) is 11.3 Å². The van der Waals surface area contributed by atoms with Crippen LogP contribution < -0.4 is 14.5 Å². The third-order valence-corrected chi connectivity index (χ3v) is 9.11. The Bertz CT molecular complexity index is 1390. The summed E-state index contributed by atoms with van der Waals surface area (Å²) in [5.41, 5.74) is 0.956. The summed E-state index contributed by atoms with van der Waals surface area (Å²) in [6, 6.07) is 8.25. The zero-order chi connectivity index (χ0) is 30.8. The lowest BCUT2D eigenvalue weighted by molar-refractivity contribution is -0.137. The summed E-state index contributed by atoms with van der Waals surface area (Å²) in [5.74, 6) is 0.679. The number of nitrogens with zero attached hydrogens (tertiary/aromatic N) is 7. The third-order valence-electron chi connectivity index (χ3n) is 9.11. The van der Waals surface area contributed by atoms with Crippen LogP contribution in [0.15, 0.2) is 36.9 Å². The molecule has 1 N–H and O–H groups in total. The highest BCUT2D eigenvalue weighted by molar-refractivity contribution is 5.59. The molecule has 3 fully saturated rings. The van der Waals surface area contributed by atoms with Gasteiger partial charge in [0, 0.05) is 62.6 Å². The number of aliphatic hydroxyl groups excluding tert-OH is 1. The van der Waals surface area contributed by atoms with Crippen LogP contribution in [-0.2, 0) is 23.9 Å². The van der Waals surface area contributed by atoms with Crippen molar-refractivity contribution >= 4 is 11.5 Å². The molecule has 2 bridgehead atoms. The fourth-order valence-electron chi connectivity index (χ4n) is 6.93. The Morgan fingerprint density at radius 2 is 2.02 bits per heavy atom. The van der Waals surface area contributed by atoms with Crippen molar-refractivity contribution < 1.29 is 27.8 Å². The van der Waals surface area contributed by atoms with Gasteiger partial charge in [-0.25, -0.2) is 0 Å². The van der Waals surface area contributed by atoms with Crippen LogP contribution in [0.5, 0.6) is 6.01 Å². The van der Waals surface area contributed by atoms with Gasteiger partial charge in [0.05, 0.1) is 49.6 Å². The normalized spacial score (nSPS) is 24.7. The second kappa shape index (κ2) is 12.9. The summed E-state index contributed by atoms with van der Waals surface area (Å²) in [5, 5.41) is 20.0. The molecule has 13 heteroatoms.